The summed E-state index contributed by atoms with van der Waals surface area (Å²) in [5, 5.41) is 3.05. The third-order valence-electron chi connectivity index (χ3n) is 3.36. The van der Waals surface area contributed by atoms with Gasteiger partial charge in [0.1, 0.15) is 11.6 Å². The molecule has 0 aliphatic heterocycles. The molecule has 0 heterocycles. The largest absolute Gasteiger partial charge is 0.381 e. The van der Waals surface area contributed by atoms with Gasteiger partial charge >= 0.3 is 0 Å². The van der Waals surface area contributed by atoms with E-state index in [0.717, 1.165) is 5.69 Å². The van der Waals surface area contributed by atoms with Gasteiger partial charge in [0.2, 0.25) is 0 Å². The first-order valence-corrected chi connectivity index (χ1v) is 7.55. The summed E-state index contributed by atoms with van der Waals surface area (Å²) in [6.07, 6.45) is 0. The summed E-state index contributed by atoms with van der Waals surface area (Å²) in [5.74, 6) is -1.11. The molecule has 0 amide bonds. The standard InChI is InChI=1S/C17H18BrF2N/c1-17(2,3)11-4-6-12(7-5-11)21-10-13-15(19)9-8-14(18)16(13)20/h4-9,21H,10H2,1-3H3. The lowest BCUT2D eigenvalue weighted by Gasteiger charge is -2.19. The van der Waals surface area contributed by atoms with Crippen LogP contribution in [-0.2, 0) is 12.0 Å². The van der Waals surface area contributed by atoms with E-state index in [4.69, 9.17) is 0 Å². The Labute approximate surface area is 132 Å². The van der Waals surface area contributed by atoms with Crippen LogP contribution >= 0.6 is 15.9 Å². The number of hydrogen-bond donors (Lipinski definition) is 1. The molecule has 0 aliphatic carbocycles. The topological polar surface area (TPSA) is 12.0 Å². The van der Waals surface area contributed by atoms with Crippen LogP contribution < -0.4 is 5.32 Å². The van der Waals surface area contributed by atoms with Gasteiger partial charge in [0.15, 0.2) is 0 Å². The van der Waals surface area contributed by atoms with Gasteiger partial charge in [-0.3, -0.25) is 0 Å². The molecule has 2 aromatic carbocycles. The average molecular weight is 354 g/mol. The second kappa shape index (κ2) is 6.14. The minimum Gasteiger partial charge on any atom is -0.381 e. The molecule has 4 heteroatoms. The summed E-state index contributed by atoms with van der Waals surface area (Å²) in [5.41, 5.74) is 2.17. The molecular formula is C17H18BrF2N. The highest BCUT2D eigenvalue weighted by Crippen LogP contribution is 2.25. The molecule has 112 valence electrons. The van der Waals surface area contributed by atoms with Crippen LogP contribution in [0.2, 0.25) is 0 Å². The molecule has 0 atom stereocenters. The zero-order valence-electron chi connectivity index (χ0n) is 12.3. The molecule has 0 saturated heterocycles. The van der Waals surface area contributed by atoms with E-state index >= 15 is 0 Å². The highest BCUT2D eigenvalue weighted by atomic mass is 79.9. The average Bonchev–Trinajstić information content (AvgIpc) is 2.43. The molecule has 0 unspecified atom stereocenters. The van der Waals surface area contributed by atoms with Crippen molar-refractivity contribution in [2.45, 2.75) is 32.7 Å². The Morgan fingerprint density at radius 3 is 2.19 bits per heavy atom. The summed E-state index contributed by atoms with van der Waals surface area (Å²) >= 11 is 3.07. The van der Waals surface area contributed by atoms with Crippen molar-refractivity contribution in [3.05, 3.63) is 63.6 Å². The first kappa shape index (κ1) is 16.0. The lowest BCUT2D eigenvalue weighted by atomic mass is 9.87. The second-order valence-electron chi connectivity index (χ2n) is 6.00. The Bertz CT molecular complexity index is 630. The van der Waals surface area contributed by atoms with Gasteiger partial charge in [-0.2, -0.15) is 0 Å². The summed E-state index contributed by atoms with van der Waals surface area (Å²) < 4.78 is 27.8. The summed E-state index contributed by atoms with van der Waals surface area (Å²) in [4.78, 5) is 0. The fourth-order valence-electron chi connectivity index (χ4n) is 2.01. The molecule has 1 N–H and O–H groups in total. The zero-order valence-corrected chi connectivity index (χ0v) is 13.9. The first-order chi connectivity index (χ1) is 9.79. The summed E-state index contributed by atoms with van der Waals surface area (Å²) in [6, 6.07) is 10.5. The quantitative estimate of drug-likeness (QED) is 0.704. The molecule has 0 bridgehead atoms. The number of benzene rings is 2. The van der Waals surface area contributed by atoms with Crippen LogP contribution in [0.15, 0.2) is 40.9 Å². The third-order valence-corrected chi connectivity index (χ3v) is 3.97. The molecule has 1 nitrogen and oxygen atoms in total. The van der Waals surface area contributed by atoms with Crippen molar-refractivity contribution in [1.29, 1.82) is 0 Å². The second-order valence-corrected chi connectivity index (χ2v) is 6.86. The lowest BCUT2D eigenvalue weighted by Crippen LogP contribution is -2.11. The predicted octanol–water partition coefficient (Wildman–Crippen LogP) is 5.64. The Morgan fingerprint density at radius 1 is 1.00 bits per heavy atom. The molecular weight excluding hydrogens is 336 g/mol. The summed E-state index contributed by atoms with van der Waals surface area (Å²) in [7, 11) is 0. The molecule has 2 rings (SSSR count). The van der Waals surface area contributed by atoms with Gasteiger partial charge in [-0.1, -0.05) is 32.9 Å². The van der Waals surface area contributed by atoms with E-state index in [1.54, 1.807) is 0 Å². The molecule has 0 aliphatic rings. The molecule has 0 fully saturated rings. The third kappa shape index (κ3) is 3.82. The fourth-order valence-corrected chi connectivity index (χ4v) is 2.38. The van der Waals surface area contributed by atoms with Gasteiger partial charge in [0.05, 0.1) is 4.47 Å². The Morgan fingerprint density at radius 2 is 1.62 bits per heavy atom. The molecule has 0 radical (unpaired) electrons. The van der Waals surface area contributed by atoms with Gasteiger partial charge in [0.25, 0.3) is 0 Å². The van der Waals surface area contributed by atoms with E-state index in [1.165, 1.54) is 17.7 Å². The van der Waals surface area contributed by atoms with E-state index in [2.05, 4.69) is 42.0 Å². The van der Waals surface area contributed by atoms with E-state index in [-0.39, 0.29) is 22.0 Å². The van der Waals surface area contributed by atoms with Crippen molar-refractivity contribution in [2.75, 3.05) is 5.32 Å². The molecule has 0 spiro atoms. The number of hydrogen-bond acceptors (Lipinski definition) is 1. The lowest BCUT2D eigenvalue weighted by molar-refractivity contribution is 0.555. The maximum absolute atomic E-state index is 13.9. The van der Waals surface area contributed by atoms with Crippen molar-refractivity contribution in [3.63, 3.8) is 0 Å². The minimum atomic E-state index is -0.561. The van der Waals surface area contributed by atoms with Crippen molar-refractivity contribution < 1.29 is 8.78 Å². The maximum Gasteiger partial charge on any atom is 0.145 e. The fraction of sp³-hybridized carbons (Fsp3) is 0.294. The molecule has 2 aromatic rings. The van der Waals surface area contributed by atoms with Crippen LogP contribution in [0.4, 0.5) is 14.5 Å². The Kier molecular flexibility index (Phi) is 4.67. The summed E-state index contributed by atoms with van der Waals surface area (Å²) in [6.45, 7) is 6.52. The van der Waals surface area contributed by atoms with Crippen molar-refractivity contribution in [3.8, 4) is 0 Å². The van der Waals surface area contributed by atoms with E-state index in [1.807, 2.05) is 24.3 Å². The smallest absolute Gasteiger partial charge is 0.145 e. The van der Waals surface area contributed by atoms with Crippen molar-refractivity contribution in [1.82, 2.24) is 0 Å². The van der Waals surface area contributed by atoms with E-state index in [0.29, 0.717) is 0 Å². The van der Waals surface area contributed by atoms with Gasteiger partial charge in [0, 0.05) is 17.8 Å². The minimum absolute atomic E-state index is 0.0317. The molecule has 21 heavy (non-hydrogen) atoms. The van der Waals surface area contributed by atoms with Gasteiger partial charge in [-0.15, -0.1) is 0 Å². The predicted molar refractivity (Wildman–Crippen MR) is 86.5 cm³/mol. The number of anilines is 1. The SMILES string of the molecule is CC(C)(C)c1ccc(NCc2c(F)ccc(Br)c2F)cc1. The van der Waals surface area contributed by atoms with Gasteiger partial charge in [-0.25, -0.2) is 8.78 Å². The van der Waals surface area contributed by atoms with E-state index < -0.39 is 11.6 Å². The van der Waals surface area contributed by atoms with Crippen LogP contribution in [0.5, 0.6) is 0 Å². The monoisotopic (exact) mass is 353 g/mol. The number of nitrogens with one attached hydrogen (secondary N) is 1. The van der Waals surface area contributed by atoms with Gasteiger partial charge < -0.3 is 5.32 Å². The van der Waals surface area contributed by atoms with Crippen LogP contribution in [0.3, 0.4) is 0 Å². The highest BCUT2D eigenvalue weighted by Gasteiger charge is 2.14. The zero-order chi connectivity index (χ0) is 15.6. The Balaban J connectivity index is 2.12. The highest BCUT2D eigenvalue weighted by molar-refractivity contribution is 9.10. The van der Waals surface area contributed by atoms with Gasteiger partial charge in [-0.05, 0) is 51.2 Å². The number of halogens is 3. The first-order valence-electron chi connectivity index (χ1n) is 6.76. The van der Waals surface area contributed by atoms with Crippen molar-refractivity contribution >= 4 is 21.6 Å². The molecule has 0 aromatic heterocycles. The van der Waals surface area contributed by atoms with E-state index in [9.17, 15) is 8.78 Å². The van der Waals surface area contributed by atoms with Crippen molar-refractivity contribution in [2.24, 2.45) is 0 Å². The molecule has 0 saturated carbocycles. The normalized spacial score (nSPS) is 11.5. The van der Waals surface area contributed by atoms with Crippen LogP contribution in [-0.4, -0.2) is 0 Å². The number of rotatable bonds is 3. The van der Waals surface area contributed by atoms with Crippen LogP contribution in [0.1, 0.15) is 31.9 Å². The van der Waals surface area contributed by atoms with Crippen LogP contribution in [0.25, 0.3) is 0 Å². The maximum atomic E-state index is 13.9. The Hall–Kier alpha value is -1.42. The van der Waals surface area contributed by atoms with Crippen LogP contribution in [0, 0.1) is 11.6 Å².